The molecule has 0 amide bonds. The molecular weight excluding hydrogens is 214 g/mol. The van der Waals surface area contributed by atoms with Crippen molar-refractivity contribution in [2.24, 2.45) is 5.92 Å². The van der Waals surface area contributed by atoms with Gasteiger partial charge in [-0.05, 0) is 32.7 Å². The number of unbranched alkanes of at least 4 members (excludes halogenated alkanes) is 1. The molecule has 102 valence electrons. The Morgan fingerprint density at radius 1 is 1.41 bits per heavy atom. The minimum absolute atomic E-state index is 0.170. The van der Waals surface area contributed by atoms with E-state index < -0.39 is 0 Å². The molecule has 1 heterocycles. The molecule has 0 aromatic carbocycles. The Kier molecular flexibility index (Phi) is 7.09. The highest BCUT2D eigenvalue weighted by atomic mass is 16.5. The monoisotopic (exact) mass is 243 g/mol. The average molecular weight is 243 g/mol. The van der Waals surface area contributed by atoms with Crippen molar-refractivity contribution < 1.29 is 9.84 Å². The number of ether oxygens (including phenoxy) is 1. The van der Waals surface area contributed by atoms with Crippen LogP contribution in [0.25, 0.3) is 0 Å². The lowest BCUT2D eigenvalue weighted by atomic mass is 9.97. The number of aliphatic hydroxyl groups excluding tert-OH is 1. The Morgan fingerprint density at radius 3 is 2.76 bits per heavy atom. The Hall–Kier alpha value is -0.120. The van der Waals surface area contributed by atoms with E-state index in [1.165, 1.54) is 19.3 Å². The molecular formula is C14H29NO2. The molecule has 0 radical (unpaired) electrons. The average Bonchev–Trinajstić information content (AvgIpc) is 2.35. The quantitative estimate of drug-likeness (QED) is 0.744. The molecule has 17 heavy (non-hydrogen) atoms. The van der Waals surface area contributed by atoms with E-state index in [0.29, 0.717) is 12.0 Å². The first-order valence-corrected chi connectivity index (χ1v) is 7.18. The van der Waals surface area contributed by atoms with Crippen molar-refractivity contribution in [2.45, 2.75) is 58.6 Å². The zero-order chi connectivity index (χ0) is 12.7. The van der Waals surface area contributed by atoms with Crippen molar-refractivity contribution in [2.75, 3.05) is 26.3 Å². The summed E-state index contributed by atoms with van der Waals surface area (Å²) in [6, 6.07) is 0.607. The summed E-state index contributed by atoms with van der Waals surface area (Å²) >= 11 is 0. The fourth-order valence-electron chi connectivity index (χ4n) is 2.37. The third-order valence-electron chi connectivity index (χ3n) is 3.92. The zero-order valence-corrected chi connectivity index (χ0v) is 11.7. The van der Waals surface area contributed by atoms with E-state index in [4.69, 9.17) is 4.74 Å². The molecule has 0 spiro atoms. The van der Waals surface area contributed by atoms with Crippen LogP contribution in [0.4, 0.5) is 0 Å². The Labute approximate surface area is 106 Å². The second kappa shape index (κ2) is 8.06. The van der Waals surface area contributed by atoms with Crippen LogP contribution in [-0.4, -0.2) is 48.5 Å². The second-order valence-electron chi connectivity index (χ2n) is 5.30. The summed E-state index contributed by atoms with van der Waals surface area (Å²) in [4.78, 5) is 2.52. The number of hydrogen-bond acceptors (Lipinski definition) is 3. The van der Waals surface area contributed by atoms with Gasteiger partial charge in [-0.3, -0.25) is 0 Å². The molecule has 1 aliphatic heterocycles. The molecule has 1 N–H and O–H groups in total. The van der Waals surface area contributed by atoms with E-state index in [9.17, 15) is 5.11 Å². The first kappa shape index (κ1) is 14.9. The van der Waals surface area contributed by atoms with Crippen molar-refractivity contribution in [3.05, 3.63) is 0 Å². The van der Waals surface area contributed by atoms with Gasteiger partial charge in [0.2, 0.25) is 0 Å². The highest BCUT2D eigenvalue weighted by Gasteiger charge is 2.26. The van der Waals surface area contributed by atoms with Gasteiger partial charge in [-0.1, -0.05) is 20.3 Å². The van der Waals surface area contributed by atoms with Crippen LogP contribution in [-0.2, 0) is 4.74 Å². The van der Waals surface area contributed by atoms with Crippen molar-refractivity contribution in [3.8, 4) is 0 Å². The summed E-state index contributed by atoms with van der Waals surface area (Å²) in [6.07, 6.45) is 4.28. The third kappa shape index (κ3) is 4.94. The van der Waals surface area contributed by atoms with E-state index in [1.807, 2.05) is 0 Å². The maximum Gasteiger partial charge on any atom is 0.0624 e. The Balaban J connectivity index is 2.45. The lowest BCUT2D eigenvalue weighted by molar-refractivity contribution is -0.0502. The van der Waals surface area contributed by atoms with E-state index >= 15 is 0 Å². The maximum atomic E-state index is 9.99. The van der Waals surface area contributed by atoms with Gasteiger partial charge in [0.25, 0.3) is 0 Å². The van der Waals surface area contributed by atoms with Crippen molar-refractivity contribution in [3.63, 3.8) is 0 Å². The van der Waals surface area contributed by atoms with Crippen LogP contribution in [0.15, 0.2) is 0 Å². The highest BCUT2D eigenvalue weighted by molar-refractivity contribution is 4.78. The van der Waals surface area contributed by atoms with Gasteiger partial charge in [-0.2, -0.15) is 0 Å². The van der Waals surface area contributed by atoms with Gasteiger partial charge in [-0.15, -0.1) is 0 Å². The molecule has 3 nitrogen and oxygen atoms in total. The predicted octanol–water partition coefficient (Wildman–Crippen LogP) is 2.28. The molecule has 3 atom stereocenters. The summed E-state index contributed by atoms with van der Waals surface area (Å²) in [7, 11) is 0. The summed E-state index contributed by atoms with van der Waals surface area (Å²) in [5.41, 5.74) is 0. The van der Waals surface area contributed by atoms with E-state index in [0.717, 1.165) is 32.7 Å². The van der Waals surface area contributed by atoms with Gasteiger partial charge >= 0.3 is 0 Å². The van der Waals surface area contributed by atoms with Crippen LogP contribution >= 0.6 is 0 Å². The van der Waals surface area contributed by atoms with Gasteiger partial charge in [0.15, 0.2) is 0 Å². The SMILES string of the molecule is CCCCN(CC1COCCC1O)C(C)CC. The van der Waals surface area contributed by atoms with Crippen LogP contribution in [0.5, 0.6) is 0 Å². The number of hydrogen-bond donors (Lipinski definition) is 1. The molecule has 0 bridgehead atoms. The van der Waals surface area contributed by atoms with E-state index in [2.05, 4.69) is 25.7 Å². The van der Waals surface area contributed by atoms with Crippen LogP contribution in [0.1, 0.15) is 46.5 Å². The maximum absolute atomic E-state index is 9.99. The molecule has 0 aromatic rings. The molecule has 3 unspecified atom stereocenters. The first-order chi connectivity index (χ1) is 8.19. The van der Waals surface area contributed by atoms with Crippen LogP contribution in [0.3, 0.4) is 0 Å². The van der Waals surface area contributed by atoms with Crippen LogP contribution < -0.4 is 0 Å². The topological polar surface area (TPSA) is 32.7 Å². The van der Waals surface area contributed by atoms with Gasteiger partial charge in [0.05, 0.1) is 12.7 Å². The lowest BCUT2D eigenvalue weighted by Crippen LogP contribution is -2.44. The van der Waals surface area contributed by atoms with Crippen LogP contribution in [0.2, 0.25) is 0 Å². The number of aliphatic hydroxyl groups is 1. The first-order valence-electron chi connectivity index (χ1n) is 7.18. The van der Waals surface area contributed by atoms with E-state index in [-0.39, 0.29) is 6.10 Å². The normalized spacial score (nSPS) is 27.4. The van der Waals surface area contributed by atoms with Gasteiger partial charge in [0, 0.05) is 25.1 Å². The molecule has 3 heteroatoms. The van der Waals surface area contributed by atoms with Gasteiger partial charge in [0.1, 0.15) is 0 Å². The molecule has 1 saturated heterocycles. The fraction of sp³-hybridized carbons (Fsp3) is 1.00. The van der Waals surface area contributed by atoms with Crippen molar-refractivity contribution >= 4 is 0 Å². The van der Waals surface area contributed by atoms with Gasteiger partial charge in [-0.25, -0.2) is 0 Å². The predicted molar refractivity (Wildman–Crippen MR) is 71.2 cm³/mol. The number of nitrogens with zero attached hydrogens (tertiary/aromatic N) is 1. The van der Waals surface area contributed by atoms with Crippen LogP contribution in [0, 0.1) is 5.92 Å². The second-order valence-corrected chi connectivity index (χ2v) is 5.30. The summed E-state index contributed by atoms with van der Waals surface area (Å²) in [5.74, 6) is 0.301. The standard InChI is InChI=1S/C14H29NO2/c1-4-6-8-15(12(3)5-2)10-13-11-17-9-7-14(13)16/h12-14,16H,4-11H2,1-3H3. The molecule has 1 rings (SSSR count). The van der Waals surface area contributed by atoms with E-state index in [1.54, 1.807) is 0 Å². The van der Waals surface area contributed by atoms with Crippen molar-refractivity contribution in [1.29, 1.82) is 0 Å². The summed E-state index contributed by atoms with van der Waals surface area (Å²) in [6.45, 7) is 10.3. The number of rotatable bonds is 7. The molecule has 1 aliphatic rings. The highest BCUT2D eigenvalue weighted by Crippen LogP contribution is 2.18. The fourth-order valence-corrected chi connectivity index (χ4v) is 2.37. The third-order valence-corrected chi connectivity index (χ3v) is 3.92. The molecule has 0 aliphatic carbocycles. The molecule has 1 fully saturated rings. The van der Waals surface area contributed by atoms with Gasteiger partial charge < -0.3 is 14.7 Å². The Morgan fingerprint density at radius 2 is 2.18 bits per heavy atom. The van der Waals surface area contributed by atoms with Crippen molar-refractivity contribution in [1.82, 2.24) is 4.90 Å². The Bertz CT molecular complexity index is 199. The summed E-state index contributed by atoms with van der Waals surface area (Å²) < 4.78 is 5.48. The summed E-state index contributed by atoms with van der Waals surface area (Å²) in [5, 5.41) is 9.99. The zero-order valence-electron chi connectivity index (χ0n) is 11.7. The minimum Gasteiger partial charge on any atom is -0.393 e. The minimum atomic E-state index is -0.170. The largest absolute Gasteiger partial charge is 0.393 e. The molecule has 0 saturated carbocycles. The lowest BCUT2D eigenvalue weighted by Gasteiger charge is -2.35. The molecule has 0 aromatic heterocycles. The smallest absolute Gasteiger partial charge is 0.0624 e.